The minimum atomic E-state index is -0.606. The first kappa shape index (κ1) is 11.1. The summed E-state index contributed by atoms with van der Waals surface area (Å²) in [6.07, 6.45) is 5.48. The number of ether oxygens (including phenoxy) is 1. The Bertz CT molecular complexity index is 396. The number of carbonyl (C=O) groups excluding carboxylic acids is 1. The largest absolute Gasteiger partial charge is 0.468 e. The van der Waals surface area contributed by atoms with Gasteiger partial charge in [-0.2, -0.15) is 0 Å². The first-order valence-corrected chi connectivity index (χ1v) is 5.50. The number of aromatic nitrogens is 2. The van der Waals surface area contributed by atoms with Crippen LogP contribution in [0.5, 0.6) is 0 Å². The van der Waals surface area contributed by atoms with Crippen molar-refractivity contribution in [2.75, 3.05) is 7.11 Å². The fourth-order valence-electron chi connectivity index (χ4n) is 2.16. The molecule has 5 nitrogen and oxygen atoms in total. The summed E-state index contributed by atoms with van der Waals surface area (Å²) in [5.74, 6) is 0.552. The molecular formula is C11H17N3O2. The highest BCUT2D eigenvalue weighted by molar-refractivity contribution is 5.78. The van der Waals surface area contributed by atoms with Crippen LogP contribution in [0, 0.1) is 0 Å². The molecule has 1 aliphatic rings. The number of rotatable bonds is 4. The van der Waals surface area contributed by atoms with Crippen LogP contribution in [-0.2, 0) is 21.5 Å². The zero-order valence-electron chi connectivity index (χ0n) is 9.64. The van der Waals surface area contributed by atoms with Crippen molar-refractivity contribution < 1.29 is 9.53 Å². The highest BCUT2D eigenvalue weighted by Crippen LogP contribution is 2.49. The van der Waals surface area contributed by atoms with Crippen LogP contribution in [0.15, 0.2) is 12.4 Å². The van der Waals surface area contributed by atoms with E-state index in [4.69, 9.17) is 10.5 Å². The average molecular weight is 223 g/mol. The SMILES string of the molecule is CCn1ccnc1C1(C(N)C(=O)OC)CC1. The molecule has 1 heterocycles. The van der Waals surface area contributed by atoms with Gasteiger partial charge in [0.15, 0.2) is 0 Å². The monoisotopic (exact) mass is 223 g/mol. The summed E-state index contributed by atoms with van der Waals surface area (Å²) >= 11 is 0. The normalized spacial score (nSPS) is 19.2. The number of hydrogen-bond acceptors (Lipinski definition) is 4. The molecule has 0 aliphatic heterocycles. The molecule has 0 spiro atoms. The second kappa shape index (κ2) is 3.90. The maximum Gasteiger partial charge on any atom is 0.323 e. The Morgan fingerprint density at radius 1 is 1.75 bits per heavy atom. The number of esters is 1. The predicted molar refractivity (Wildman–Crippen MR) is 58.8 cm³/mol. The third-order valence-corrected chi connectivity index (χ3v) is 3.34. The fraction of sp³-hybridized carbons (Fsp3) is 0.636. The number of aryl methyl sites for hydroxylation is 1. The number of carbonyl (C=O) groups is 1. The molecule has 16 heavy (non-hydrogen) atoms. The maximum atomic E-state index is 11.5. The van der Waals surface area contributed by atoms with Crippen LogP contribution in [0.25, 0.3) is 0 Å². The van der Waals surface area contributed by atoms with Gasteiger partial charge in [-0.15, -0.1) is 0 Å². The summed E-state index contributed by atoms with van der Waals surface area (Å²) in [5.41, 5.74) is 5.66. The molecule has 0 amide bonds. The zero-order chi connectivity index (χ0) is 11.8. The molecule has 1 unspecified atom stereocenters. The fourth-order valence-corrected chi connectivity index (χ4v) is 2.16. The van der Waals surface area contributed by atoms with Crippen molar-refractivity contribution in [3.8, 4) is 0 Å². The van der Waals surface area contributed by atoms with Gasteiger partial charge in [0.25, 0.3) is 0 Å². The van der Waals surface area contributed by atoms with Crippen LogP contribution in [0.3, 0.4) is 0 Å². The van der Waals surface area contributed by atoms with Crippen LogP contribution < -0.4 is 5.73 Å². The van der Waals surface area contributed by atoms with Crippen molar-refractivity contribution in [3.05, 3.63) is 18.2 Å². The Labute approximate surface area is 94.6 Å². The number of nitrogens with zero attached hydrogens (tertiary/aromatic N) is 2. The van der Waals surface area contributed by atoms with Crippen molar-refractivity contribution in [1.82, 2.24) is 9.55 Å². The summed E-state index contributed by atoms with van der Waals surface area (Å²) in [5, 5.41) is 0. The molecule has 2 N–H and O–H groups in total. The molecule has 88 valence electrons. The van der Waals surface area contributed by atoms with Crippen LogP contribution in [0.4, 0.5) is 0 Å². The molecule has 1 saturated carbocycles. The number of hydrogen-bond donors (Lipinski definition) is 1. The van der Waals surface area contributed by atoms with E-state index in [2.05, 4.69) is 4.98 Å². The van der Waals surface area contributed by atoms with Crippen molar-refractivity contribution >= 4 is 5.97 Å². The Balaban J connectivity index is 2.29. The van der Waals surface area contributed by atoms with Gasteiger partial charge in [-0.3, -0.25) is 4.79 Å². The highest BCUT2D eigenvalue weighted by Gasteiger charge is 2.55. The smallest absolute Gasteiger partial charge is 0.323 e. The molecule has 1 fully saturated rings. The Kier molecular flexibility index (Phi) is 2.71. The lowest BCUT2D eigenvalue weighted by Gasteiger charge is -2.21. The third-order valence-electron chi connectivity index (χ3n) is 3.34. The molecule has 1 aromatic heterocycles. The van der Waals surface area contributed by atoms with E-state index in [1.165, 1.54) is 7.11 Å². The lowest BCUT2D eigenvalue weighted by molar-refractivity contribution is -0.143. The summed E-state index contributed by atoms with van der Waals surface area (Å²) in [4.78, 5) is 15.8. The van der Waals surface area contributed by atoms with E-state index in [1.807, 2.05) is 17.7 Å². The Hall–Kier alpha value is -1.36. The molecule has 1 aromatic rings. The quantitative estimate of drug-likeness (QED) is 0.752. The highest BCUT2D eigenvalue weighted by atomic mass is 16.5. The van der Waals surface area contributed by atoms with E-state index >= 15 is 0 Å². The summed E-state index contributed by atoms with van der Waals surface area (Å²) in [7, 11) is 1.37. The van der Waals surface area contributed by atoms with E-state index in [-0.39, 0.29) is 11.4 Å². The summed E-state index contributed by atoms with van der Waals surface area (Å²) in [6, 6.07) is -0.606. The Morgan fingerprint density at radius 3 is 2.94 bits per heavy atom. The second-order valence-corrected chi connectivity index (χ2v) is 4.19. The van der Waals surface area contributed by atoms with Gasteiger partial charge < -0.3 is 15.0 Å². The van der Waals surface area contributed by atoms with Crippen LogP contribution >= 0.6 is 0 Å². The van der Waals surface area contributed by atoms with E-state index < -0.39 is 6.04 Å². The van der Waals surface area contributed by atoms with Gasteiger partial charge >= 0.3 is 5.97 Å². The van der Waals surface area contributed by atoms with Crippen molar-refractivity contribution in [3.63, 3.8) is 0 Å². The molecule has 5 heteroatoms. The van der Waals surface area contributed by atoms with Crippen LogP contribution in [0.1, 0.15) is 25.6 Å². The van der Waals surface area contributed by atoms with Gasteiger partial charge in [-0.05, 0) is 19.8 Å². The molecule has 0 bridgehead atoms. The van der Waals surface area contributed by atoms with Crippen molar-refractivity contribution in [2.24, 2.45) is 5.73 Å². The zero-order valence-corrected chi connectivity index (χ0v) is 9.64. The van der Waals surface area contributed by atoms with Crippen molar-refractivity contribution in [1.29, 1.82) is 0 Å². The summed E-state index contributed by atoms with van der Waals surface area (Å²) < 4.78 is 6.75. The Morgan fingerprint density at radius 2 is 2.44 bits per heavy atom. The molecule has 0 aromatic carbocycles. The molecule has 1 atom stereocenters. The standard InChI is InChI=1S/C11H17N3O2/c1-3-14-7-6-13-10(14)11(4-5-11)8(12)9(15)16-2/h6-8H,3-5,12H2,1-2H3. The van der Waals surface area contributed by atoms with Gasteiger partial charge in [-0.1, -0.05) is 0 Å². The van der Waals surface area contributed by atoms with Crippen molar-refractivity contribution in [2.45, 2.75) is 37.8 Å². The minimum absolute atomic E-state index is 0.299. The van der Waals surface area contributed by atoms with Crippen LogP contribution in [-0.4, -0.2) is 28.7 Å². The van der Waals surface area contributed by atoms with Gasteiger partial charge in [0, 0.05) is 18.9 Å². The maximum absolute atomic E-state index is 11.5. The molecule has 0 saturated heterocycles. The molecular weight excluding hydrogens is 206 g/mol. The lowest BCUT2D eigenvalue weighted by Crippen LogP contribution is -2.44. The predicted octanol–water partition coefficient (Wildman–Crippen LogP) is 0.435. The molecule has 1 aliphatic carbocycles. The molecule has 2 rings (SSSR count). The topological polar surface area (TPSA) is 70.1 Å². The number of imidazole rings is 1. The lowest BCUT2D eigenvalue weighted by atomic mass is 9.96. The second-order valence-electron chi connectivity index (χ2n) is 4.19. The number of methoxy groups -OCH3 is 1. The van der Waals surface area contributed by atoms with E-state index in [1.54, 1.807) is 6.20 Å². The van der Waals surface area contributed by atoms with Gasteiger partial charge in [0.05, 0.1) is 12.5 Å². The van der Waals surface area contributed by atoms with E-state index in [0.717, 1.165) is 25.2 Å². The van der Waals surface area contributed by atoms with Gasteiger partial charge in [0.2, 0.25) is 0 Å². The first-order chi connectivity index (χ1) is 7.65. The first-order valence-electron chi connectivity index (χ1n) is 5.50. The number of nitrogens with two attached hydrogens (primary N) is 1. The molecule has 0 radical (unpaired) electrons. The van der Waals surface area contributed by atoms with Gasteiger partial charge in [0.1, 0.15) is 11.9 Å². The van der Waals surface area contributed by atoms with E-state index in [9.17, 15) is 4.79 Å². The summed E-state index contributed by atoms with van der Waals surface area (Å²) in [6.45, 7) is 2.88. The minimum Gasteiger partial charge on any atom is -0.468 e. The van der Waals surface area contributed by atoms with E-state index in [0.29, 0.717) is 0 Å². The van der Waals surface area contributed by atoms with Gasteiger partial charge in [-0.25, -0.2) is 4.98 Å². The van der Waals surface area contributed by atoms with Crippen LogP contribution in [0.2, 0.25) is 0 Å². The third kappa shape index (κ3) is 1.51. The average Bonchev–Trinajstić information content (AvgIpc) is 2.98.